The summed E-state index contributed by atoms with van der Waals surface area (Å²) in [4.78, 5) is 48.2. The summed E-state index contributed by atoms with van der Waals surface area (Å²) < 4.78 is 45.5. The zero-order valence-electron chi connectivity index (χ0n) is 32.4. The maximum Gasteiger partial charge on any atom is 0.417 e. The molecule has 4 aromatic carbocycles. The van der Waals surface area contributed by atoms with Gasteiger partial charge < -0.3 is 37.3 Å². The van der Waals surface area contributed by atoms with E-state index in [1.54, 1.807) is 66.9 Å². The van der Waals surface area contributed by atoms with Gasteiger partial charge >= 0.3 is 6.18 Å². The van der Waals surface area contributed by atoms with Gasteiger partial charge in [-0.2, -0.15) is 13.2 Å². The third-order valence-corrected chi connectivity index (χ3v) is 11.8. The zero-order valence-corrected chi connectivity index (χ0v) is 33.2. The number of H-pyrrole nitrogens is 1. The Labute approximate surface area is 340 Å². The molecule has 3 atom stereocenters. The van der Waals surface area contributed by atoms with E-state index < -0.39 is 47.6 Å². The molecule has 14 heteroatoms. The van der Waals surface area contributed by atoms with Crippen molar-refractivity contribution in [1.29, 1.82) is 0 Å². The first kappa shape index (κ1) is 42.5. The highest BCUT2D eigenvalue weighted by molar-refractivity contribution is 7.99. The first-order chi connectivity index (χ1) is 28.0. The molecule has 0 saturated carbocycles. The first-order valence-corrected chi connectivity index (χ1v) is 20.4. The number of alkyl halides is 3. The van der Waals surface area contributed by atoms with Gasteiger partial charge in [-0.3, -0.25) is 14.4 Å². The molecule has 6 rings (SSSR count). The highest BCUT2D eigenvalue weighted by Gasteiger charge is 2.37. The number of likely N-dealkylation sites (N-methyl/N-ethyl adjacent to an activating group) is 1. The number of nitrogens with one attached hydrogen (secondary N) is 4. The number of carbonyl (C=O) groups excluding carboxylic acids is 3. The Hall–Kier alpha value is -5.15. The predicted molar refractivity (Wildman–Crippen MR) is 222 cm³/mol. The molecular formula is C44H50F3N7O3S. The van der Waals surface area contributed by atoms with E-state index in [0.29, 0.717) is 60.4 Å². The summed E-state index contributed by atoms with van der Waals surface area (Å²) in [6.07, 6.45) is -0.547. The standard InChI is InChI=1S/C44H50F3N7O3S/c1-54-38(24-31-26-50-35-16-7-6-15-33(31)35)42(56)52-27-32-22-30(28-12-3-2-4-13-28)23-34(44(45,46)47)40(32)58-39-19-8-5-14-29(39)25-51-36(18-11-21-49)41(55)53-37(43(54)57)17-9-10-20-48/h2-8,12-16,19,22-23,26,36-38,50-51H,9-11,17-18,20-21,24-25,27,48-49H2,1H3,(H,52,56)(H,53,55)/t36-,37-,38-/m0/s1. The number of amides is 3. The molecule has 2 heterocycles. The molecule has 0 radical (unpaired) electrons. The van der Waals surface area contributed by atoms with E-state index in [0.717, 1.165) is 34.3 Å². The number of nitrogens with zero attached hydrogens (tertiary/aromatic N) is 1. The van der Waals surface area contributed by atoms with Crippen LogP contribution in [0, 0.1) is 0 Å². The Kier molecular flexibility index (Phi) is 14.3. The SMILES string of the molecule is CN1C(=O)[C@H](CCCCN)NC(=O)[C@H](CCCN)NCc2ccccc2Sc2c(cc(-c3ccccc3)cc2C(F)(F)F)CNC(=O)[C@@H]1Cc1c[nH]c2ccccc12. The smallest absolute Gasteiger partial charge is 0.361 e. The van der Waals surface area contributed by atoms with E-state index in [4.69, 9.17) is 11.5 Å². The summed E-state index contributed by atoms with van der Waals surface area (Å²) in [7, 11) is 1.53. The largest absolute Gasteiger partial charge is 0.417 e. The minimum absolute atomic E-state index is 0.0563. The van der Waals surface area contributed by atoms with Crippen LogP contribution in [-0.2, 0) is 40.1 Å². The number of nitrogens with two attached hydrogens (primary N) is 2. The lowest BCUT2D eigenvalue weighted by Gasteiger charge is -2.32. The maximum absolute atomic E-state index is 15.2. The third-order valence-electron chi connectivity index (χ3n) is 10.5. The van der Waals surface area contributed by atoms with Gasteiger partial charge in [0.2, 0.25) is 17.7 Å². The van der Waals surface area contributed by atoms with Crippen LogP contribution in [0.5, 0.6) is 0 Å². The molecule has 5 aromatic rings. The number of carbonyl (C=O) groups is 3. The van der Waals surface area contributed by atoms with Gasteiger partial charge in [0, 0.05) is 53.4 Å². The summed E-state index contributed by atoms with van der Waals surface area (Å²) in [5.74, 6) is -1.45. The molecule has 0 unspecified atom stereocenters. The highest BCUT2D eigenvalue weighted by atomic mass is 32.2. The number of aromatic amines is 1. The number of aromatic nitrogens is 1. The number of halogens is 3. The van der Waals surface area contributed by atoms with Crippen molar-refractivity contribution in [3.63, 3.8) is 0 Å². The molecule has 306 valence electrons. The van der Waals surface area contributed by atoms with Gasteiger partial charge in [0.25, 0.3) is 0 Å². The second-order valence-electron chi connectivity index (χ2n) is 14.5. The molecule has 58 heavy (non-hydrogen) atoms. The molecule has 10 nitrogen and oxygen atoms in total. The normalized spacial score (nSPS) is 18.6. The summed E-state index contributed by atoms with van der Waals surface area (Å²) in [5, 5.41) is 10.1. The monoisotopic (exact) mass is 813 g/mol. The van der Waals surface area contributed by atoms with Gasteiger partial charge in [0.15, 0.2) is 0 Å². The van der Waals surface area contributed by atoms with E-state index in [9.17, 15) is 14.4 Å². The van der Waals surface area contributed by atoms with Crippen LogP contribution in [0.4, 0.5) is 13.2 Å². The molecule has 1 aromatic heterocycles. The Balaban J connectivity index is 1.49. The average molecular weight is 814 g/mol. The van der Waals surface area contributed by atoms with Crippen molar-refractivity contribution in [2.45, 2.75) is 85.7 Å². The Morgan fingerprint density at radius 1 is 0.776 bits per heavy atom. The number of unbranched alkanes of at least 4 members (excludes halogenated alkanes) is 1. The van der Waals surface area contributed by atoms with Gasteiger partial charge in [-0.25, -0.2) is 0 Å². The molecule has 0 fully saturated rings. The molecule has 0 spiro atoms. The number of fused-ring (bicyclic) bond motifs is 3. The van der Waals surface area contributed by atoms with Crippen LogP contribution in [0.15, 0.2) is 107 Å². The summed E-state index contributed by atoms with van der Waals surface area (Å²) in [6, 6.07) is 23.5. The fourth-order valence-corrected chi connectivity index (χ4v) is 8.51. The fraction of sp³-hybridized carbons (Fsp3) is 0.341. The molecule has 1 aliphatic heterocycles. The van der Waals surface area contributed by atoms with Crippen molar-refractivity contribution in [1.82, 2.24) is 25.8 Å². The molecule has 3 amide bonds. The lowest BCUT2D eigenvalue weighted by molar-refractivity contribution is -0.142. The van der Waals surface area contributed by atoms with Crippen LogP contribution in [0.2, 0.25) is 0 Å². The zero-order chi connectivity index (χ0) is 41.2. The Morgan fingerprint density at radius 2 is 1.48 bits per heavy atom. The first-order valence-electron chi connectivity index (χ1n) is 19.6. The molecule has 0 bridgehead atoms. The van der Waals surface area contributed by atoms with Gasteiger partial charge in [-0.05, 0) is 97.3 Å². The molecule has 0 aliphatic carbocycles. The number of hydrogen-bond acceptors (Lipinski definition) is 7. The number of rotatable bonds is 10. The van der Waals surface area contributed by atoms with Crippen molar-refractivity contribution in [3.8, 4) is 11.1 Å². The number of para-hydroxylation sites is 1. The van der Waals surface area contributed by atoms with E-state index in [1.165, 1.54) is 11.9 Å². The topological polar surface area (TPSA) is 158 Å². The maximum atomic E-state index is 15.2. The van der Waals surface area contributed by atoms with Crippen molar-refractivity contribution in [3.05, 3.63) is 119 Å². The van der Waals surface area contributed by atoms with Gasteiger partial charge in [-0.15, -0.1) is 0 Å². The van der Waals surface area contributed by atoms with E-state index in [2.05, 4.69) is 20.9 Å². The number of benzene rings is 4. The summed E-state index contributed by atoms with van der Waals surface area (Å²) >= 11 is 0.967. The highest BCUT2D eigenvalue weighted by Crippen LogP contribution is 2.44. The van der Waals surface area contributed by atoms with E-state index >= 15 is 13.2 Å². The minimum atomic E-state index is -4.74. The lowest BCUT2D eigenvalue weighted by atomic mass is 9.98. The molecular weight excluding hydrogens is 764 g/mol. The van der Waals surface area contributed by atoms with E-state index in [-0.39, 0.29) is 36.4 Å². The second kappa shape index (κ2) is 19.5. The van der Waals surface area contributed by atoms with Crippen molar-refractivity contribution < 1.29 is 27.6 Å². The third kappa shape index (κ3) is 10.3. The van der Waals surface area contributed by atoms with Crippen LogP contribution in [0.25, 0.3) is 22.0 Å². The van der Waals surface area contributed by atoms with Crippen LogP contribution in [-0.4, -0.2) is 65.9 Å². The average Bonchev–Trinajstić information content (AvgIpc) is 3.64. The molecule has 8 N–H and O–H groups in total. The van der Waals surface area contributed by atoms with Crippen LogP contribution < -0.4 is 27.4 Å². The van der Waals surface area contributed by atoms with Crippen molar-refractivity contribution in [2.75, 3.05) is 20.1 Å². The quantitative estimate of drug-likeness (QED) is 0.0878. The Morgan fingerprint density at radius 3 is 2.24 bits per heavy atom. The Bertz CT molecular complexity index is 2200. The van der Waals surface area contributed by atoms with Gasteiger partial charge in [-0.1, -0.05) is 78.5 Å². The summed E-state index contributed by atoms with van der Waals surface area (Å²) in [5.41, 5.74) is 14.3. The van der Waals surface area contributed by atoms with Crippen LogP contribution in [0.3, 0.4) is 0 Å². The predicted octanol–water partition coefficient (Wildman–Crippen LogP) is 6.52. The number of hydrogen-bond donors (Lipinski definition) is 6. The second-order valence-corrected chi connectivity index (χ2v) is 15.6. The van der Waals surface area contributed by atoms with Crippen molar-refractivity contribution in [2.24, 2.45) is 11.5 Å². The molecule has 0 saturated heterocycles. The lowest BCUT2D eigenvalue weighted by Crippen LogP contribution is -2.57. The van der Waals surface area contributed by atoms with Crippen LogP contribution >= 0.6 is 11.8 Å². The minimum Gasteiger partial charge on any atom is -0.361 e. The van der Waals surface area contributed by atoms with Crippen LogP contribution in [0.1, 0.15) is 54.4 Å². The van der Waals surface area contributed by atoms with Gasteiger partial charge in [0.05, 0.1) is 11.6 Å². The van der Waals surface area contributed by atoms with Gasteiger partial charge in [0.1, 0.15) is 12.1 Å². The van der Waals surface area contributed by atoms with E-state index in [1.807, 2.05) is 24.3 Å². The molecule has 1 aliphatic rings. The van der Waals surface area contributed by atoms with Crippen molar-refractivity contribution >= 4 is 40.4 Å². The fourth-order valence-electron chi connectivity index (χ4n) is 7.33. The summed E-state index contributed by atoms with van der Waals surface area (Å²) in [6.45, 7) is 0.624.